The second-order valence-electron chi connectivity index (χ2n) is 2.17. The SMILES string of the molecule is [CH2]CCOCCCCOC. The summed E-state index contributed by atoms with van der Waals surface area (Å²) in [6.45, 7) is 6.14. The minimum atomic E-state index is 0.785. The van der Waals surface area contributed by atoms with Crippen molar-refractivity contribution in [3.8, 4) is 0 Å². The monoisotopic (exact) mass is 145 g/mol. The lowest BCUT2D eigenvalue weighted by Crippen LogP contribution is -1.97. The topological polar surface area (TPSA) is 18.5 Å². The highest BCUT2D eigenvalue weighted by Crippen LogP contribution is 1.90. The van der Waals surface area contributed by atoms with Crippen molar-refractivity contribution in [2.75, 3.05) is 26.9 Å². The van der Waals surface area contributed by atoms with E-state index in [-0.39, 0.29) is 0 Å². The fourth-order valence-corrected chi connectivity index (χ4v) is 0.655. The van der Waals surface area contributed by atoms with Crippen LogP contribution >= 0.6 is 0 Å². The third-order valence-corrected chi connectivity index (χ3v) is 1.18. The molecule has 61 valence electrons. The molecule has 0 unspecified atom stereocenters. The predicted octanol–water partition coefficient (Wildman–Crippen LogP) is 1.65. The number of rotatable bonds is 7. The highest BCUT2D eigenvalue weighted by atomic mass is 16.5. The summed E-state index contributed by atoms with van der Waals surface area (Å²) in [4.78, 5) is 0. The van der Waals surface area contributed by atoms with Gasteiger partial charge in [-0.3, -0.25) is 0 Å². The summed E-state index contributed by atoms with van der Waals surface area (Å²) >= 11 is 0. The molecule has 0 aromatic heterocycles. The third-order valence-electron chi connectivity index (χ3n) is 1.18. The summed E-state index contributed by atoms with van der Waals surface area (Å²) in [7, 11) is 1.72. The van der Waals surface area contributed by atoms with Crippen LogP contribution in [0.3, 0.4) is 0 Å². The minimum Gasteiger partial charge on any atom is -0.385 e. The fraction of sp³-hybridized carbons (Fsp3) is 0.875. The number of unbranched alkanes of at least 4 members (excludes halogenated alkanes) is 1. The van der Waals surface area contributed by atoms with Crippen molar-refractivity contribution in [1.29, 1.82) is 0 Å². The molecule has 10 heavy (non-hydrogen) atoms. The predicted molar refractivity (Wildman–Crippen MR) is 41.9 cm³/mol. The second kappa shape index (κ2) is 8.92. The highest BCUT2D eigenvalue weighted by Gasteiger charge is 1.86. The molecule has 0 atom stereocenters. The van der Waals surface area contributed by atoms with Crippen LogP contribution in [0.2, 0.25) is 0 Å². The lowest BCUT2D eigenvalue weighted by atomic mass is 10.3. The molecule has 0 spiro atoms. The molecule has 2 heteroatoms. The zero-order valence-corrected chi connectivity index (χ0v) is 6.77. The Morgan fingerprint density at radius 1 is 1.10 bits per heavy atom. The van der Waals surface area contributed by atoms with Crippen LogP contribution in [0.5, 0.6) is 0 Å². The summed E-state index contributed by atoms with van der Waals surface area (Å²) in [5.41, 5.74) is 0. The van der Waals surface area contributed by atoms with E-state index in [9.17, 15) is 0 Å². The molecule has 0 aromatic carbocycles. The number of hydrogen-bond acceptors (Lipinski definition) is 2. The maximum atomic E-state index is 5.21. The molecule has 0 fully saturated rings. The van der Waals surface area contributed by atoms with Crippen molar-refractivity contribution in [2.45, 2.75) is 19.3 Å². The summed E-state index contributed by atoms with van der Waals surface area (Å²) in [6, 6.07) is 0. The quantitative estimate of drug-likeness (QED) is 0.507. The number of ether oxygens (including phenoxy) is 2. The first kappa shape index (κ1) is 9.92. The normalized spacial score (nSPS) is 10.2. The highest BCUT2D eigenvalue weighted by molar-refractivity contribution is 4.39. The van der Waals surface area contributed by atoms with Crippen LogP contribution in [0.25, 0.3) is 0 Å². The molecule has 1 radical (unpaired) electrons. The summed E-state index contributed by atoms with van der Waals surface area (Å²) < 4.78 is 10.1. The van der Waals surface area contributed by atoms with E-state index >= 15 is 0 Å². The van der Waals surface area contributed by atoms with Gasteiger partial charge in [-0.15, -0.1) is 0 Å². The molecule has 0 aliphatic carbocycles. The van der Waals surface area contributed by atoms with Crippen molar-refractivity contribution in [2.24, 2.45) is 0 Å². The summed E-state index contributed by atoms with van der Waals surface area (Å²) in [5.74, 6) is 0. The van der Waals surface area contributed by atoms with Gasteiger partial charge in [0.1, 0.15) is 0 Å². The van der Waals surface area contributed by atoms with E-state index in [0.29, 0.717) is 0 Å². The average molecular weight is 145 g/mol. The average Bonchev–Trinajstić information content (AvgIpc) is 1.97. The molecule has 0 N–H and O–H groups in total. The Balaban J connectivity index is 2.65. The molecular formula is C8H17O2. The van der Waals surface area contributed by atoms with Crippen molar-refractivity contribution in [1.82, 2.24) is 0 Å². The van der Waals surface area contributed by atoms with E-state index in [1.54, 1.807) is 7.11 Å². The number of methoxy groups -OCH3 is 1. The Morgan fingerprint density at radius 3 is 2.40 bits per heavy atom. The van der Waals surface area contributed by atoms with Crippen LogP contribution in [-0.2, 0) is 9.47 Å². The maximum absolute atomic E-state index is 5.21. The Kier molecular flexibility index (Phi) is 8.85. The largest absolute Gasteiger partial charge is 0.385 e. The van der Waals surface area contributed by atoms with Crippen molar-refractivity contribution < 1.29 is 9.47 Å². The van der Waals surface area contributed by atoms with Crippen molar-refractivity contribution >= 4 is 0 Å². The van der Waals surface area contributed by atoms with E-state index in [2.05, 4.69) is 6.92 Å². The van der Waals surface area contributed by atoms with Gasteiger partial charge in [-0.2, -0.15) is 0 Å². The first-order chi connectivity index (χ1) is 4.91. The minimum absolute atomic E-state index is 0.785. The zero-order chi connectivity index (χ0) is 7.66. The standard InChI is InChI=1S/C8H17O2/c1-3-6-10-8-5-4-7-9-2/h1,3-8H2,2H3. The smallest absolute Gasteiger partial charge is 0.0466 e. The first-order valence-corrected chi connectivity index (χ1v) is 3.77. The fourth-order valence-electron chi connectivity index (χ4n) is 0.655. The van der Waals surface area contributed by atoms with E-state index in [0.717, 1.165) is 39.1 Å². The van der Waals surface area contributed by atoms with Crippen LogP contribution in [0.4, 0.5) is 0 Å². The van der Waals surface area contributed by atoms with E-state index in [1.165, 1.54) is 0 Å². The van der Waals surface area contributed by atoms with Crippen LogP contribution in [-0.4, -0.2) is 26.9 Å². The van der Waals surface area contributed by atoms with E-state index in [1.807, 2.05) is 0 Å². The van der Waals surface area contributed by atoms with Crippen LogP contribution in [0.15, 0.2) is 0 Å². The van der Waals surface area contributed by atoms with Crippen molar-refractivity contribution in [3.63, 3.8) is 0 Å². The molecule has 0 aromatic rings. The summed E-state index contributed by atoms with van der Waals surface area (Å²) in [5, 5.41) is 0. The Labute approximate surface area is 63.5 Å². The number of hydrogen-bond donors (Lipinski definition) is 0. The molecule has 0 saturated heterocycles. The second-order valence-corrected chi connectivity index (χ2v) is 2.17. The van der Waals surface area contributed by atoms with E-state index < -0.39 is 0 Å². The van der Waals surface area contributed by atoms with Gasteiger partial charge in [-0.05, 0) is 19.3 Å². The molecule has 0 heterocycles. The zero-order valence-electron chi connectivity index (χ0n) is 6.77. The van der Waals surface area contributed by atoms with Gasteiger partial charge < -0.3 is 9.47 Å². The van der Waals surface area contributed by atoms with Gasteiger partial charge in [-0.25, -0.2) is 0 Å². The molecule has 2 nitrogen and oxygen atoms in total. The molecule has 0 saturated carbocycles. The molecule has 0 bridgehead atoms. The lowest BCUT2D eigenvalue weighted by molar-refractivity contribution is 0.122. The van der Waals surface area contributed by atoms with Gasteiger partial charge in [0.25, 0.3) is 0 Å². The Bertz CT molecular complexity index is 47.2. The van der Waals surface area contributed by atoms with Crippen molar-refractivity contribution in [3.05, 3.63) is 6.92 Å². The maximum Gasteiger partial charge on any atom is 0.0466 e. The van der Waals surface area contributed by atoms with Crippen LogP contribution in [0, 0.1) is 6.92 Å². The van der Waals surface area contributed by atoms with Crippen LogP contribution in [0.1, 0.15) is 19.3 Å². The lowest BCUT2D eigenvalue weighted by Gasteiger charge is -2.00. The summed E-state index contributed by atoms with van der Waals surface area (Å²) in [6.07, 6.45) is 3.05. The van der Waals surface area contributed by atoms with Gasteiger partial charge in [0.15, 0.2) is 0 Å². The van der Waals surface area contributed by atoms with Gasteiger partial charge >= 0.3 is 0 Å². The van der Waals surface area contributed by atoms with Gasteiger partial charge in [0, 0.05) is 26.9 Å². The Hall–Kier alpha value is -0.0800. The van der Waals surface area contributed by atoms with Crippen LogP contribution < -0.4 is 0 Å². The first-order valence-electron chi connectivity index (χ1n) is 3.77. The van der Waals surface area contributed by atoms with Gasteiger partial charge in [0.05, 0.1) is 0 Å². The third kappa shape index (κ3) is 7.92. The molecule has 0 aliphatic heterocycles. The molecule has 0 aliphatic rings. The molecule has 0 amide bonds. The van der Waals surface area contributed by atoms with E-state index in [4.69, 9.17) is 9.47 Å². The molecule has 0 rings (SSSR count). The molecular weight excluding hydrogens is 128 g/mol. The van der Waals surface area contributed by atoms with Gasteiger partial charge in [-0.1, -0.05) is 6.92 Å². The van der Waals surface area contributed by atoms with Gasteiger partial charge in [0.2, 0.25) is 0 Å². The Morgan fingerprint density at radius 2 is 1.80 bits per heavy atom.